The molecule has 8 nitrogen and oxygen atoms in total. The van der Waals surface area contributed by atoms with Gasteiger partial charge in [0.15, 0.2) is 0 Å². The van der Waals surface area contributed by atoms with Crippen molar-refractivity contribution in [2.24, 2.45) is 0 Å². The van der Waals surface area contributed by atoms with Gasteiger partial charge in [0.1, 0.15) is 19.3 Å². The highest BCUT2D eigenvalue weighted by Gasteiger charge is 2.26. The summed E-state index contributed by atoms with van der Waals surface area (Å²) in [7, 11) is 1.62. The first-order chi connectivity index (χ1) is 29.1. The fraction of sp³-hybridized carbons (Fsp3) is 0.784. The van der Waals surface area contributed by atoms with Crippen LogP contribution in [0.1, 0.15) is 200 Å². The predicted octanol–water partition coefficient (Wildman–Crippen LogP) is 14.9. The molecule has 0 radical (unpaired) electrons. The number of phosphoric acid groups is 1. The minimum atomic E-state index is -4.30. The molecule has 0 spiro atoms. The number of ether oxygens (including phenoxy) is 2. The van der Waals surface area contributed by atoms with Gasteiger partial charge in [-0.3, -0.25) is 13.8 Å². The second kappa shape index (κ2) is 43.8. The van der Waals surface area contributed by atoms with E-state index in [1.807, 2.05) is 21.1 Å². The van der Waals surface area contributed by atoms with E-state index in [2.05, 4.69) is 74.6 Å². The average Bonchev–Trinajstić information content (AvgIpc) is 3.20. The third-order valence-corrected chi connectivity index (χ3v) is 11.3. The Morgan fingerprint density at radius 3 is 1.35 bits per heavy atom. The molecule has 0 aliphatic rings. The number of hydrogen-bond acceptors (Lipinski definition) is 6. The van der Waals surface area contributed by atoms with E-state index < -0.39 is 13.9 Å². The fourth-order valence-electron chi connectivity index (χ4n) is 6.62. The maximum atomic E-state index is 12.7. The van der Waals surface area contributed by atoms with Crippen LogP contribution in [-0.2, 0) is 27.9 Å². The third kappa shape index (κ3) is 47.3. The summed E-state index contributed by atoms with van der Waals surface area (Å²) in [5.74, 6) is -0.336. The SMILES string of the molecule is CC/C=C\C/C=C\C/C=C\C/C=C\C/C=C\CCOCC(COP(=O)(O)OCC[N+](C)(C)C)OC(=O)CCCCCCCCCCCCCCCCCCCCCCCC. The maximum absolute atomic E-state index is 12.7. The summed E-state index contributed by atoms with van der Waals surface area (Å²) in [6.07, 6.45) is 55.8. The van der Waals surface area contributed by atoms with E-state index in [0.717, 1.165) is 51.4 Å². The summed E-state index contributed by atoms with van der Waals surface area (Å²) in [6.45, 7) is 5.30. The molecular formula is C51H95NO7P+. The van der Waals surface area contributed by atoms with E-state index >= 15 is 0 Å². The van der Waals surface area contributed by atoms with Gasteiger partial charge in [0.2, 0.25) is 0 Å². The summed E-state index contributed by atoms with van der Waals surface area (Å²) in [4.78, 5) is 23.0. The second-order valence-electron chi connectivity index (χ2n) is 17.5. The zero-order valence-electron chi connectivity index (χ0n) is 39.7. The Kier molecular flexibility index (Phi) is 42.5. The number of esters is 1. The van der Waals surface area contributed by atoms with Crippen LogP contribution >= 0.6 is 7.82 Å². The molecule has 0 aromatic carbocycles. The topological polar surface area (TPSA) is 91.3 Å². The molecular weight excluding hydrogens is 770 g/mol. The molecule has 2 atom stereocenters. The summed E-state index contributed by atoms with van der Waals surface area (Å²) in [5, 5.41) is 0. The Labute approximate surface area is 370 Å². The molecule has 0 fully saturated rings. The van der Waals surface area contributed by atoms with Gasteiger partial charge < -0.3 is 18.9 Å². The van der Waals surface area contributed by atoms with Crippen LogP contribution in [0.3, 0.4) is 0 Å². The number of hydrogen-bond donors (Lipinski definition) is 1. The van der Waals surface area contributed by atoms with E-state index in [1.54, 1.807) is 0 Å². The van der Waals surface area contributed by atoms with Crippen LogP contribution < -0.4 is 0 Å². The Balaban J connectivity index is 4.21. The van der Waals surface area contributed by atoms with Gasteiger partial charge in [0, 0.05) is 6.42 Å². The summed E-state index contributed by atoms with van der Waals surface area (Å²) < 4.78 is 35.0. The number of carbonyl (C=O) groups excluding carboxylic acids is 1. The number of unbranched alkanes of at least 4 members (excludes halogenated alkanes) is 21. The Hall–Kier alpha value is -1.80. The zero-order valence-corrected chi connectivity index (χ0v) is 40.6. The quantitative estimate of drug-likeness (QED) is 0.0214. The molecule has 0 saturated heterocycles. The van der Waals surface area contributed by atoms with Gasteiger partial charge in [-0.15, -0.1) is 0 Å². The molecule has 9 heteroatoms. The molecule has 0 bridgehead atoms. The van der Waals surface area contributed by atoms with E-state index in [9.17, 15) is 14.3 Å². The monoisotopic (exact) mass is 865 g/mol. The lowest BCUT2D eigenvalue weighted by molar-refractivity contribution is -0.870. The average molecular weight is 865 g/mol. The number of likely N-dealkylation sites (N-methyl/N-ethyl adjacent to an activating group) is 1. The molecule has 350 valence electrons. The first-order valence-corrected chi connectivity index (χ1v) is 26.0. The van der Waals surface area contributed by atoms with Crippen LogP contribution in [-0.4, -0.2) is 75.6 Å². The van der Waals surface area contributed by atoms with Crippen molar-refractivity contribution in [2.45, 2.75) is 206 Å². The van der Waals surface area contributed by atoms with E-state index in [0.29, 0.717) is 30.5 Å². The van der Waals surface area contributed by atoms with E-state index in [4.69, 9.17) is 18.5 Å². The first kappa shape index (κ1) is 58.2. The molecule has 2 unspecified atom stereocenters. The van der Waals surface area contributed by atoms with Gasteiger partial charge in [-0.05, 0) is 44.9 Å². The highest BCUT2D eigenvalue weighted by Crippen LogP contribution is 2.43. The lowest BCUT2D eigenvalue weighted by atomic mass is 10.0. The first-order valence-electron chi connectivity index (χ1n) is 24.5. The standard InChI is InChI=1S/C51H94NO7P/c1-6-8-10-12-14-16-18-20-22-24-25-26-27-28-29-30-32-34-36-38-40-42-44-51(53)59-50(49-58-60(54,55)57-47-45-52(3,4)5)48-56-46-43-41-39-37-35-33-31-23-21-19-17-15-13-11-9-7-2/h9,11,15,17,21,23,33,35,39,41,50H,6-8,10,12-14,16,18-20,22,24-32,34,36-38,40,42-49H2,1-5H3/p+1/b11-9-,17-15-,23-21-,35-33-,41-39-. The number of rotatable bonds is 45. The smallest absolute Gasteiger partial charge is 0.457 e. The van der Waals surface area contributed by atoms with Crippen LogP contribution in [0.15, 0.2) is 60.8 Å². The van der Waals surface area contributed by atoms with Gasteiger partial charge in [0.25, 0.3) is 0 Å². The van der Waals surface area contributed by atoms with Crippen molar-refractivity contribution in [1.29, 1.82) is 0 Å². The van der Waals surface area contributed by atoms with Gasteiger partial charge in [-0.2, -0.15) is 0 Å². The third-order valence-electron chi connectivity index (χ3n) is 10.4. The second-order valence-corrected chi connectivity index (χ2v) is 18.9. The summed E-state index contributed by atoms with van der Waals surface area (Å²) in [5.41, 5.74) is 0. The minimum Gasteiger partial charge on any atom is -0.457 e. The van der Waals surface area contributed by atoms with E-state index in [1.165, 1.54) is 122 Å². The van der Waals surface area contributed by atoms with Crippen molar-refractivity contribution in [3.05, 3.63) is 60.8 Å². The molecule has 1 N–H and O–H groups in total. The van der Waals surface area contributed by atoms with Crippen LogP contribution in [0.2, 0.25) is 0 Å². The van der Waals surface area contributed by atoms with Crippen LogP contribution in [0.25, 0.3) is 0 Å². The van der Waals surface area contributed by atoms with Crippen molar-refractivity contribution in [3.63, 3.8) is 0 Å². The fourth-order valence-corrected chi connectivity index (χ4v) is 7.36. The molecule has 0 saturated carbocycles. The molecule has 60 heavy (non-hydrogen) atoms. The maximum Gasteiger partial charge on any atom is 0.472 e. The number of nitrogens with zero attached hydrogens (tertiary/aromatic N) is 1. The van der Waals surface area contributed by atoms with Gasteiger partial charge in [-0.25, -0.2) is 4.57 Å². The molecule has 0 aliphatic heterocycles. The number of phosphoric ester groups is 1. The molecule has 0 aromatic rings. The highest BCUT2D eigenvalue weighted by molar-refractivity contribution is 7.47. The Morgan fingerprint density at radius 2 is 0.933 bits per heavy atom. The predicted molar refractivity (Wildman–Crippen MR) is 256 cm³/mol. The Bertz CT molecular complexity index is 1140. The van der Waals surface area contributed by atoms with Crippen molar-refractivity contribution in [2.75, 3.05) is 54.1 Å². The van der Waals surface area contributed by atoms with Gasteiger partial charge in [-0.1, -0.05) is 209 Å². The van der Waals surface area contributed by atoms with E-state index in [-0.39, 0.29) is 25.8 Å². The van der Waals surface area contributed by atoms with Crippen molar-refractivity contribution in [1.82, 2.24) is 0 Å². The van der Waals surface area contributed by atoms with Crippen molar-refractivity contribution in [3.8, 4) is 0 Å². The molecule has 0 aliphatic carbocycles. The molecule has 0 heterocycles. The van der Waals surface area contributed by atoms with Crippen molar-refractivity contribution < 1.29 is 37.3 Å². The number of allylic oxidation sites excluding steroid dienone is 9. The lowest BCUT2D eigenvalue weighted by Crippen LogP contribution is -2.37. The highest BCUT2D eigenvalue weighted by atomic mass is 31.2. The largest absolute Gasteiger partial charge is 0.472 e. The van der Waals surface area contributed by atoms with Crippen molar-refractivity contribution >= 4 is 13.8 Å². The number of carbonyl (C=O) groups is 1. The van der Waals surface area contributed by atoms with Crippen LogP contribution in [0.5, 0.6) is 0 Å². The molecule has 0 aromatic heterocycles. The number of quaternary nitrogens is 1. The molecule has 0 amide bonds. The molecule has 0 rings (SSSR count). The Morgan fingerprint density at radius 1 is 0.533 bits per heavy atom. The summed E-state index contributed by atoms with van der Waals surface area (Å²) >= 11 is 0. The normalized spacial score (nSPS) is 14.2. The minimum absolute atomic E-state index is 0.0744. The summed E-state index contributed by atoms with van der Waals surface area (Å²) in [6, 6.07) is 0. The van der Waals surface area contributed by atoms with Gasteiger partial charge >= 0.3 is 13.8 Å². The van der Waals surface area contributed by atoms with Gasteiger partial charge in [0.05, 0.1) is 41.0 Å². The zero-order chi connectivity index (χ0) is 44.1. The van der Waals surface area contributed by atoms with Crippen LogP contribution in [0.4, 0.5) is 0 Å². The lowest BCUT2D eigenvalue weighted by Gasteiger charge is -2.24. The van der Waals surface area contributed by atoms with Crippen LogP contribution in [0, 0.1) is 0 Å².